The third kappa shape index (κ3) is 3.51. The molecule has 1 aliphatic heterocycles. The third-order valence-corrected chi connectivity index (χ3v) is 2.40. The van der Waals surface area contributed by atoms with Crippen LogP contribution in [0, 0.1) is 5.92 Å². The van der Waals surface area contributed by atoms with Crippen LogP contribution in [0.1, 0.15) is 20.3 Å². The molecule has 0 aliphatic carbocycles. The summed E-state index contributed by atoms with van der Waals surface area (Å²) in [4.78, 5) is 22.9. The van der Waals surface area contributed by atoms with Crippen molar-refractivity contribution in [2.24, 2.45) is 5.92 Å². The minimum Gasteiger partial charge on any atom is -0.381 e. The van der Waals surface area contributed by atoms with Crippen molar-refractivity contribution in [3.63, 3.8) is 0 Å². The zero-order valence-electron chi connectivity index (χ0n) is 9.21. The van der Waals surface area contributed by atoms with Crippen LogP contribution in [0.2, 0.25) is 0 Å². The van der Waals surface area contributed by atoms with E-state index in [-0.39, 0.29) is 17.7 Å². The number of likely N-dealkylation sites (N-methyl/N-ethyl adjacent to an activating group) is 1. The summed E-state index contributed by atoms with van der Waals surface area (Å²) in [5.74, 6) is -0.335. The van der Waals surface area contributed by atoms with Gasteiger partial charge in [0.25, 0.3) is 0 Å². The van der Waals surface area contributed by atoms with E-state index >= 15 is 0 Å². The van der Waals surface area contributed by atoms with Crippen LogP contribution in [-0.2, 0) is 14.3 Å². The number of hydrogen-bond acceptors (Lipinski definition) is 3. The van der Waals surface area contributed by atoms with Crippen LogP contribution < -0.4 is 10.6 Å². The summed E-state index contributed by atoms with van der Waals surface area (Å²) >= 11 is 0. The first-order valence-corrected chi connectivity index (χ1v) is 5.31. The number of rotatable bonds is 4. The van der Waals surface area contributed by atoms with Gasteiger partial charge in [0.15, 0.2) is 0 Å². The van der Waals surface area contributed by atoms with Gasteiger partial charge in [-0.1, -0.05) is 0 Å². The fraction of sp³-hybridized carbons (Fsp3) is 0.800. The Morgan fingerprint density at radius 1 is 1.53 bits per heavy atom. The highest BCUT2D eigenvalue weighted by Gasteiger charge is 2.25. The third-order valence-electron chi connectivity index (χ3n) is 2.40. The molecule has 0 bridgehead atoms. The molecule has 2 unspecified atom stereocenters. The van der Waals surface area contributed by atoms with Gasteiger partial charge in [-0.25, -0.2) is 0 Å². The molecule has 0 saturated carbocycles. The van der Waals surface area contributed by atoms with E-state index in [1.807, 2.05) is 6.92 Å². The number of ether oxygens (including phenoxy) is 1. The molecule has 15 heavy (non-hydrogen) atoms. The molecule has 5 heteroatoms. The van der Waals surface area contributed by atoms with E-state index in [1.165, 1.54) is 0 Å². The van der Waals surface area contributed by atoms with Gasteiger partial charge in [0, 0.05) is 13.2 Å². The Balaban J connectivity index is 2.33. The monoisotopic (exact) mass is 214 g/mol. The van der Waals surface area contributed by atoms with Crippen molar-refractivity contribution >= 4 is 11.8 Å². The van der Waals surface area contributed by atoms with Gasteiger partial charge in [0.2, 0.25) is 11.8 Å². The van der Waals surface area contributed by atoms with E-state index in [2.05, 4.69) is 10.6 Å². The molecule has 1 heterocycles. The van der Waals surface area contributed by atoms with Gasteiger partial charge in [-0.3, -0.25) is 9.59 Å². The predicted octanol–water partition coefficient (Wildman–Crippen LogP) is -0.336. The molecule has 0 radical (unpaired) electrons. The summed E-state index contributed by atoms with van der Waals surface area (Å²) in [7, 11) is 0. The second-order valence-electron chi connectivity index (χ2n) is 3.69. The van der Waals surface area contributed by atoms with Crippen molar-refractivity contribution in [2.75, 3.05) is 19.8 Å². The molecule has 1 saturated heterocycles. The average Bonchev–Trinajstić information content (AvgIpc) is 2.70. The molecule has 1 fully saturated rings. The summed E-state index contributed by atoms with van der Waals surface area (Å²) in [6.07, 6.45) is 0.744. The summed E-state index contributed by atoms with van der Waals surface area (Å²) in [5.41, 5.74) is 0. The Hall–Kier alpha value is -1.10. The van der Waals surface area contributed by atoms with Crippen molar-refractivity contribution < 1.29 is 14.3 Å². The standard InChI is InChI=1S/C10H18N2O3/c1-3-11-9(13)7(2)12-10(14)8-4-5-15-6-8/h7-8H,3-6H2,1-2H3,(H,11,13)(H,12,14). The Morgan fingerprint density at radius 3 is 2.80 bits per heavy atom. The fourth-order valence-electron chi connectivity index (χ4n) is 1.47. The molecule has 0 aromatic rings. The maximum atomic E-state index is 11.6. The highest BCUT2D eigenvalue weighted by atomic mass is 16.5. The van der Waals surface area contributed by atoms with E-state index in [1.54, 1.807) is 6.92 Å². The van der Waals surface area contributed by atoms with Crippen molar-refractivity contribution in [1.82, 2.24) is 10.6 Å². The zero-order valence-corrected chi connectivity index (χ0v) is 9.21. The van der Waals surface area contributed by atoms with Crippen LogP contribution in [0.3, 0.4) is 0 Å². The summed E-state index contributed by atoms with van der Waals surface area (Å²) in [6.45, 7) is 5.20. The number of nitrogens with one attached hydrogen (secondary N) is 2. The second-order valence-corrected chi connectivity index (χ2v) is 3.69. The van der Waals surface area contributed by atoms with Gasteiger partial charge < -0.3 is 15.4 Å². The van der Waals surface area contributed by atoms with Gasteiger partial charge in [0.05, 0.1) is 12.5 Å². The van der Waals surface area contributed by atoms with Crippen LogP contribution in [0.15, 0.2) is 0 Å². The summed E-state index contributed by atoms with van der Waals surface area (Å²) < 4.78 is 5.11. The van der Waals surface area contributed by atoms with Crippen molar-refractivity contribution in [1.29, 1.82) is 0 Å². The van der Waals surface area contributed by atoms with Crippen LogP contribution in [0.4, 0.5) is 0 Å². The molecular weight excluding hydrogens is 196 g/mol. The number of amides is 2. The van der Waals surface area contributed by atoms with E-state index in [4.69, 9.17) is 4.74 Å². The molecule has 0 aromatic carbocycles. The van der Waals surface area contributed by atoms with E-state index in [0.29, 0.717) is 19.8 Å². The van der Waals surface area contributed by atoms with Crippen LogP contribution >= 0.6 is 0 Å². The lowest BCUT2D eigenvalue weighted by Gasteiger charge is -2.15. The normalized spacial score (nSPS) is 22.1. The van der Waals surface area contributed by atoms with Crippen LogP contribution in [-0.4, -0.2) is 37.6 Å². The van der Waals surface area contributed by atoms with Crippen molar-refractivity contribution in [2.45, 2.75) is 26.3 Å². The summed E-state index contributed by atoms with van der Waals surface area (Å²) in [5, 5.41) is 5.33. The highest BCUT2D eigenvalue weighted by Crippen LogP contribution is 2.12. The molecule has 0 aromatic heterocycles. The highest BCUT2D eigenvalue weighted by molar-refractivity contribution is 5.88. The first kappa shape index (κ1) is 12.0. The Morgan fingerprint density at radius 2 is 2.27 bits per heavy atom. The molecule has 0 spiro atoms. The zero-order chi connectivity index (χ0) is 11.3. The number of hydrogen-bond donors (Lipinski definition) is 2. The lowest BCUT2D eigenvalue weighted by Crippen LogP contribution is -2.46. The molecule has 2 atom stereocenters. The second kappa shape index (κ2) is 5.70. The average molecular weight is 214 g/mol. The van der Waals surface area contributed by atoms with E-state index in [0.717, 1.165) is 6.42 Å². The van der Waals surface area contributed by atoms with Gasteiger partial charge in [-0.2, -0.15) is 0 Å². The molecule has 86 valence electrons. The quantitative estimate of drug-likeness (QED) is 0.673. The summed E-state index contributed by atoms with van der Waals surface area (Å²) in [6, 6.07) is -0.474. The van der Waals surface area contributed by atoms with Gasteiger partial charge in [-0.05, 0) is 20.3 Å². The minimum absolute atomic E-state index is 0.0914. The van der Waals surface area contributed by atoms with Crippen molar-refractivity contribution in [3.05, 3.63) is 0 Å². The maximum Gasteiger partial charge on any atom is 0.242 e. The van der Waals surface area contributed by atoms with Crippen molar-refractivity contribution in [3.8, 4) is 0 Å². The first-order chi connectivity index (χ1) is 7.15. The molecule has 2 N–H and O–H groups in total. The molecular formula is C10H18N2O3. The first-order valence-electron chi connectivity index (χ1n) is 5.31. The van der Waals surface area contributed by atoms with E-state index in [9.17, 15) is 9.59 Å². The smallest absolute Gasteiger partial charge is 0.242 e. The van der Waals surface area contributed by atoms with E-state index < -0.39 is 6.04 Å². The predicted molar refractivity (Wildman–Crippen MR) is 55.2 cm³/mol. The largest absolute Gasteiger partial charge is 0.381 e. The number of carbonyl (C=O) groups is 2. The minimum atomic E-state index is -0.474. The lowest BCUT2D eigenvalue weighted by molar-refractivity contribution is -0.130. The fourth-order valence-corrected chi connectivity index (χ4v) is 1.47. The SMILES string of the molecule is CCNC(=O)C(C)NC(=O)C1CCOC1. The number of carbonyl (C=O) groups excluding carboxylic acids is 2. The van der Waals surface area contributed by atoms with Gasteiger partial charge in [0.1, 0.15) is 6.04 Å². The Kier molecular flexibility index (Phi) is 4.55. The van der Waals surface area contributed by atoms with Gasteiger partial charge >= 0.3 is 0 Å². The lowest BCUT2D eigenvalue weighted by atomic mass is 10.1. The molecule has 1 aliphatic rings. The maximum absolute atomic E-state index is 11.6. The van der Waals surface area contributed by atoms with Crippen LogP contribution in [0.25, 0.3) is 0 Å². The topological polar surface area (TPSA) is 67.4 Å². The van der Waals surface area contributed by atoms with Crippen LogP contribution in [0.5, 0.6) is 0 Å². The Bertz CT molecular complexity index is 237. The molecule has 1 rings (SSSR count). The molecule has 5 nitrogen and oxygen atoms in total. The molecule has 2 amide bonds. The van der Waals surface area contributed by atoms with Gasteiger partial charge in [-0.15, -0.1) is 0 Å². The Labute approximate surface area is 89.6 Å².